The summed E-state index contributed by atoms with van der Waals surface area (Å²) >= 11 is 0. The van der Waals surface area contributed by atoms with E-state index in [1.54, 1.807) is 0 Å². The van der Waals surface area contributed by atoms with Gasteiger partial charge in [-0.25, -0.2) is 0 Å². The number of halogens is 1. The van der Waals surface area contributed by atoms with Gasteiger partial charge in [-0.2, -0.15) is 0 Å². The van der Waals surface area contributed by atoms with E-state index in [4.69, 9.17) is 9.47 Å². The van der Waals surface area contributed by atoms with E-state index in [-0.39, 0.29) is 46.3 Å². The summed E-state index contributed by atoms with van der Waals surface area (Å²) < 4.78 is 10.3. The molecule has 0 saturated heterocycles. The van der Waals surface area contributed by atoms with E-state index >= 15 is 0 Å². The van der Waals surface area contributed by atoms with Crippen LogP contribution in [0.15, 0.2) is 0 Å². The first-order valence-electron chi connectivity index (χ1n) is 3.37. The van der Waals surface area contributed by atoms with E-state index in [1.807, 2.05) is 13.8 Å². The molecule has 0 heterocycles. The molecule has 0 aromatic carbocycles. The first kappa shape index (κ1) is 18.1. The second kappa shape index (κ2) is 13.7. The summed E-state index contributed by atoms with van der Waals surface area (Å²) in [5.74, 6) is 0. The minimum atomic E-state index is -0.0972. The molecule has 0 saturated carbocycles. The van der Waals surface area contributed by atoms with Crippen LogP contribution in [0.5, 0.6) is 0 Å². The van der Waals surface area contributed by atoms with E-state index in [1.165, 1.54) is 0 Å². The summed E-state index contributed by atoms with van der Waals surface area (Å²) in [5, 5.41) is 0. The Bertz CT molecular complexity index is 58.4. The monoisotopic (exact) mass is 234 g/mol. The maximum Gasteiger partial charge on any atom is 2.00 e. The third-order valence-corrected chi connectivity index (χ3v) is 0.941. The predicted molar refractivity (Wildman–Crippen MR) is 42.8 cm³/mol. The average Bonchev–Trinajstić information content (AvgIpc) is 1.88. The predicted octanol–water partition coefficient (Wildman–Crippen LogP) is -1.77. The van der Waals surface area contributed by atoms with Crippen LogP contribution in [0.25, 0.3) is 0 Å². The molecule has 0 aliphatic carbocycles. The minimum Gasteiger partial charge on any atom is -1.00 e. The summed E-state index contributed by atoms with van der Waals surface area (Å²) in [6.07, 6.45) is 0.585. The summed E-state index contributed by atoms with van der Waals surface area (Å²) in [5.41, 5.74) is 0. The van der Waals surface area contributed by atoms with Gasteiger partial charge in [0.2, 0.25) is 0 Å². The zero-order chi connectivity index (χ0) is 7.11. The maximum absolute atomic E-state index is 5.15. The van der Waals surface area contributed by atoms with E-state index in [0.29, 0.717) is 19.6 Å². The van der Waals surface area contributed by atoms with Crippen molar-refractivity contribution < 1.29 is 26.5 Å². The van der Waals surface area contributed by atoms with Crippen molar-refractivity contribution in [1.29, 1.82) is 0 Å². The molecule has 2 nitrogen and oxygen atoms in total. The van der Waals surface area contributed by atoms with Crippen LogP contribution in [0.3, 0.4) is 0 Å². The molecule has 11 heavy (non-hydrogen) atoms. The molecule has 4 heteroatoms. The van der Waals surface area contributed by atoms with Crippen molar-refractivity contribution in [2.45, 2.75) is 26.6 Å². The van der Waals surface area contributed by atoms with Crippen LogP contribution in [0.1, 0.15) is 20.3 Å². The molecule has 0 spiro atoms. The van der Waals surface area contributed by atoms with Crippen LogP contribution in [-0.2, 0) is 9.47 Å². The van der Waals surface area contributed by atoms with Crippen molar-refractivity contribution in [3.05, 3.63) is 6.92 Å². The van der Waals surface area contributed by atoms with Gasteiger partial charge in [-0.15, -0.1) is 6.42 Å². The Hall–Kier alpha value is 1.17. The van der Waals surface area contributed by atoms with Gasteiger partial charge in [-0.05, 0) is 13.8 Å². The molecule has 0 unspecified atom stereocenters. The van der Waals surface area contributed by atoms with Gasteiger partial charge < -0.3 is 33.4 Å². The first-order chi connectivity index (χ1) is 4.35. The molecule has 0 amide bonds. The average molecular weight is 235 g/mol. The topological polar surface area (TPSA) is 18.5 Å². The second-order valence-corrected chi connectivity index (χ2v) is 1.63. The molecular weight excluding hydrogens is 220 g/mol. The van der Waals surface area contributed by atoms with Crippen molar-refractivity contribution in [2.75, 3.05) is 13.2 Å². The molecule has 0 atom stereocenters. The summed E-state index contributed by atoms with van der Waals surface area (Å²) in [6, 6.07) is 0. The molecule has 64 valence electrons. The Morgan fingerprint density at radius 3 is 1.73 bits per heavy atom. The van der Waals surface area contributed by atoms with Gasteiger partial charge in [0.1, 0.15) is 6.29 Å². The molecule has 0 bridgehead atoms. The molecular formula is C7H15BrMgO2. The van der Waals surface area contributed by atoms with Gasteiger partial charge in [0.25, 0.3) is 0 Å². The fourth-order valence-corrected chi connectivity index (χ4v) is 0.587. The second-order valence-electron chi connectivity index (χ2n) is 1.63. The van der Waals surface area contributed by atoms with Crippen molar-refractivity contribution in [2.24, 2.45) is 0 Å². The molecule has 0 aromatic heterocycles. The Labute approximate surface area is 95.9 Å². The normalized spacial score (nSPS) is 8.73. The Morgan fingerprint density at radius 1 is 1.18 bits per heavy atom. The first-order valence-corrected chi connectivity index (χ1v) is 3.37. The quantitative estimate of drug-likeness (QED) is 0.319. The number of hydrogen-bond donors (Lipinski definition) is 0. The molecule has 0 fully saturated rings. The number of hydrogen-bond acceptors (Lipinski definition) is 2. The third kappa shape index (κ3) is 11.2. The molecule has 0 rings (SSSR count). The van der Waals surface area contributed by atoms with Gasteiger partial charge in [0.15, 0.2) is 0 Å². The van der Waals surface area contributed by atoms with Gasteiger partial charge in [-0.3, -0.25) is 0 Å². The van der Waals surface area contributed by atoms with E-state index < -0.39 is 0 Å². The van der Waals surface area contributed by atoms with Gasteiger partial charge >= 0.3 is 23.1 Å². The van der Waals surface area contributed by atoms with Crippen LogP contribution in [0.2, 0.25) is 0 Å². The van der Waals surface area contributed by atoms with E-state index in [9.17, 15) is 0 Å². The maximum atomic E-state index is 5.15. The summed E-state index contributed by atoms with van der Waals surface area (Å²) in [4.78, 5) is 0. The van der Waals surface area contributed by atoms with Crippen LogP contribution >= 0.6 is 0 Å². The summed E-state index contributed by atoms with van der Waals surface area (Å²) in [7, 11) is 0. The fraction of sp³-hybridized carbons (Fsp3) is 0.857. The van der Waals surface area contributed by atoms with Gasteiger partial charge in [0, 0.05) is 13.2 Å². The third-order valence-electron chi connectivity index (χ3n) is 0.941. The Balaban J connectivity index is -0.000000320. The fourth-order valence-electron chi connectivity index (χ4n) is 0.587. The van der Waals surface area contributed by atoms with Crippen molar-refractivity contribution in [3.63, 3.8) is 0 Å². The zero-order valence-electron chi connectivity index (χ0n) is 7.31. The number of ether oxygens (including phenoxy) is 2. The minimum absolute atomic E-state index is 0. The van der Waals surface area contributed by atoms with Gasteiger partial charge in [0.05, 0.1) is 0 Å². The largest absolute Gasteiger partial charge is 2.00 e. The SMILES string of the molecule is [Br-].[CH2-]CC(OCC)OCC.[Mg+2]. The number of rotatable bonds is 5. The van der Waals surface area contributed by atoms with Crippen molar-refractivity contribution in [1.82, 2.24) is 0 Å². The molecule has 0 aliphatic heterocycles. The van der Waals surface area contributed by atoms with Crippen LogP contribution < -0.4 is 17.0 Å². The van der Waals surface area contributed by atoms with Crippen LogP contribution in [0.4, 0.5) is 0 Å². The van der Waals surface area contributed by atoms with Crippen molar-refractivity contribution >= 4 is 23.1 Å². The molecule has 0 N–H and O–H groups in total. The zero-order valence-corrected chi connectivity index (χ0v) is 10.3. The molecule has 0 aromatic rings. The smallest absolute Gasteiger partial charge is 1.00 e. The standard InChI is InChI=1S/C7H15O2.BrH.Mg/c1-4-7(8-5-2)9-6-3;;/h7H,1,4-6H2,2-3H3;1H;/q-1;;+2/p-1. The van der Waals surface area contributed by atoms with Gasteiger partial charge in [-0.1, -0.05) is 0 Å². The Morgan fingerprint density at radius 2 is 1.55 bits per heavy atom. The van der Waals surface area contributed by atoms with Crippen LogP contribution in [0, 0.1) is 6.92 Å². The molecule has 0 aliphatic rings. The van der Waals surface area contributed by atoms with Crippen molar-refractivity contribution in [3.8, 4) is 0 Å². The summed E-state index contributed by atoms with van der Waals surface area (Å²) in [6.45, 7) is 8.95. The molecule has 0 radical (unpaired) electrons. The Kier molecular flexibility index (Phi) is 22.5. The van der Waals surface area contributed by atoms with Crippen LogP contribution in [-0.4, -0.2) is 42.6 Å². The van der Waals surface area contributed by atoms with E-state index in [2.05, 4.69) is 6.92 Å². The van der Waals surface area contributed by atoms with E-state index in [0.717, 1.165) is 0 Å².